The third-order valence-corrected chi connectivity index (χ3v) is 4.32. The Bertz CT molecular complexity index is 451. The van der Waals surface area contributed by atoms with Gasteiger partial charge < -0.3 is 9.84 Å². The lowest BCUT2D eigenvalue weighted by atomic mass is 9.85. The van der Waals surface area contributed by atoms with Crippen LogP contribution in [0.15, 0.2) is 18.2 Å². The van der Waals surface area contributed by atoms with E-state index in [2.05, 4.69) is 39.8 Å². The van der Waals surface area contributed by atoms with Gasteiger partial charge in [-0.25, -0.2) is 0 Å². The first-order valence-corrected chi connectivity index (χ1v) is 7.77. The molecule has 0 aliphatic heterocycles. The van der Waals surface area contributed by atoms with E-state index in [4.69, 9.17) is 4.74 Å². The van der Waals surface area contributed by atoms with Gasteiger partial charge >= 0.3 is 0 Å². The van der Waals surface area contributed by atoms with E-state index in [1.807, 2.05) is 6.07 Å². The molecule has 0 amide bonds. The lowest BCUT2D eigenvalue weighted by Gasteiger charge is -2.32. The Morgan fingerprint density at radius 3 is 2.35 bits per heavy atom. The van der Waals surface area contributed by atoms with E-state index in [0.717, 1.165) is 37.0 Å². The minimum atomic E-state index is -0.618. The Morgan fingerprint density at radius 1 is 1.15 bits per heavy atom. The molecule has 0 spiro atoms. The molecule has 112 valence electrons. The van der Waals surface area contributed by atoms with Crippen molar-refractivity contribution in [2.45, 2.75) is 70.8 Å². The molecule has 0 atom stereocenters. The third kappa shape index (κ3) is 3.76. The van der Waals surface area contributed by atoms with E-state index in [1.165, 1.54) is 12.0 Å². The highest BCUT2D eigenvalue weighted by Gasteiger charge is 2.30. The average molecular weight is 276 g/mol. The lowest BCUT2D eigenvalue weighted by molar-refractivity contribution is -0.0340. The third-order valence-electron chi connectivity index (χ3n) is 4.32. The Balaban J connectivity index is 2.03. The van der Waals surface area contributed by atoms with Crippen molar-refractivity contribution in [1.29, 1.82) is 0 Å². The van der Waals surface area contributed by atoms with Crippen molar-refractivity contribution in [1.82, 2.24) is 0 Å². The van der Waals surface area contributed by atoms with E-state index in [0.29, 0.717) is 6.61 Å². The molecule has 1 N–H and O–H groups in total. The zero-order valence-corrected chi connectivity index (χ0v) is 13.3. The molecule has 1 aromatic rings. The number of hydrogen-bond donors (Lipinski definition) is 1. The van der Waals surface area contributed by atoms with Gasteiger partial charge in [0.05, 0.1) is 5.60 Å². The molecule has 2 heteroatoms. The first-order valence-electron chi connectivity index (χ1n) is 7.77. The summed E-state index contributed by atoms with van der Waals surface area (Å²) >= 11 is 0. The fourth-order valence-electron chi connectivity index (χ4n) is 2.84. The molecule has 0 aromatic heterocycles. The molecule has 2 nitrogen and oxygen atoms in total. The van der Waals surface area contributed by atoms with Crippen LogP contribution in [0.3, 0.4) is 0 Å². The summed E-state index contributed by atoms with van der Waals surface area (Å²) in [7, 11) is 0. The molecule has 1 aliphatic rings. The molecule has 2 rings (SSSR count). The molecule has 0 heterocycles. The minimum absolute atomic E-state index is 0.158. The smallest absolute Gasteiger partial charge is 0.122 e. The van der Waals surface area contributed by atoms with Gasteiger partial charge in [-0.3, -0.25) is 0 Å². The number of aryl methyl sites for hydroxylation is 1. The van der Waals surface area contributed by atoms with Crippen LogP contribution < -0.4 is 4.74 Å². The molecule has 1 aromatic carbocycles. The second-order valence-electron chi connectivity index (χ2n) is 7.30. The van der Waals surface area contributed by atoms with Crippen molar-refractivity contribution >= 4 is 0 Å². The monoisotopic (exact) mass is 276 g/mol. The second-order valence-corrected chi connectivity index (χ2v) is 7.30. The van der Waals surface area contributed by atoms with Crippen molar-refractivity contribution < 1.29 is 9.84 Å². The van der Waals surface area contributed by atoms with E-state index in [9.17, 15) is 5.11 Å². The highest BCUT2D eigenvalue weighted by Crippen LogP contribution is 2.31. The van der Waals surface area contributed by atoms with Crippen molar-refractivity contribution in [2.75, 3.05) is 6.61 Å². The van der Waals surface area contributed by atoms with Crippen molar-refractivity contribution in [3.63, 3.8) is 0 Å². The van der Waals surface area contributed by atoms with Crippen LogP contribution in [-0.4, -0.2) is 17.3 Å². The van der Waals surface area contributed by atoms with Gasteiger partial charge in [0.1, 0.15) is 12.4 Å². The van der Waals surface area contributed by atoms with Crippen LogP contribution in [0.2, 0.25) is 0 Å². The highest BCUT2D eigenvalue weighted by molar-refractivity contribution is 5.38. The summed E-state index contributed by atoms with van der Waals surface area (Å²) in [5.74, 6) is 0.900. The molecule has 1 fully saturated rings. The number of hydrogen-bond acceptors (Lipinski definition) is 2. The van der Waals surface area contributed by atoms with Crippen LogP contribution in [0.4, 0.5) is 0 Å². The van der Waals surface area contributed by atoms with Crippen LogP contribution in [0.1, 0.15) is 64.0 Å². The van der Waals surface area contributed by atoms with Crippen LogP contribution >= 0.6 is 0 Å². The molecule has 0 saturated heterocycles. The van der Waals surface area contributed by atoms with E-state index in [-0.39, 0.29) is 5.41 Å². The van der Waals surface area contributed by atoms with E-state index >= 15 is 0 Å². The molecular weight excluding hydrogens is 248 g/mol. The Labute approximate surface area is 123 Å². The Kier molecular flexibility index (Phi) is 4.43. The quantitative estimate of drug-likeness (QED) is 0.888. The molecule has 1 aliphatic carbocycles. The van der Waals surface area contributed by atoms with Gasteiger partial charge in [0, 0.05) is 0 Å². The summed E-state index contributed by atoms with van der Waals surface area (Å²) in [5, 5.41) is 10.5. The topological polar surface area (TPSA) is 29.5 Å². The first-order chi connectivity index (χ1) is 9.30. The van der Waals surface area contributed by atoms with Crippen molar-refractivity contribution in [3.8, 4) is 5.75 Å². The van der Waals surface area contributed by atoms with E-state index in [1.54, 1.807) is 0 Å². The number of rotatable bonds is 3. The van der Waals surface area contributed by atoms with E-state index < -0.39 is 5.60 Å². The lowest BCUT2D eigenvalue weighted by Crippen LogP contribution is -2.38. The molecular formula is C18H28O2. The average Bonchev–Trinajstić information content (AvgIpc) is 2.37. The van der Waals surface area contributed by atoms with Crippen LogP contribution in [0.5, 0.6) is 5.75 Å². The standard InChI is InChI=1S/C18H28O2/c1-14-12-15(17(2,3)4)8-9-16(14)20-13-18(19)10-6-5-7-11-18/h8-9,12,19H,5-7,10-11,13H2,1-4H3. The highest BCUT2D eigenvalue weighted by atomic mass is 16.5. The van der Waals surface area contributed by atoms with Gasteiger partial charge in [-0.15, -0.1) is 0 Å². The summed E-state index contributed by atoms with van der Waals surface area (Å²) < 4.78 is 5.90. The molecule has 1 saturated carbocycles. The zero-order chi connectivity index (χ0) is 14.8. The van der Waals surface area contributed by atoms with Gasteiger partial charge in [0.2, 0.25) is 0 Å². The number of benzene rings is 1. The van der Waals surface area contributed by atoms with Crippen LogP contribution in [0, 0.1) is 6.92 Å². The maximum atomic E-state index is 10.5. The van der Waals surface area contributed by atoms with Gasteiger partial charge in [0.25, 0.3) is 0 Å². The molecule has 0 unspecified atom stereocenters. The first kappa shape index (κ1) is 15.4. The maximum absolute atomic E-state index is 10.5. The molecule has 0 radical (unpaired) electrons. The Hall–Kier alpha value is -1.02. The van der Waals surface area contributed by atoms with Crippen LogP contribution in [-0.2, 0) is 5.41 Å². The van der Waals surface area contributed by atoms with Gasteiger partial charge in [0.15, 0.2) is 0 Å². The summed E-state index contributed by atoms with van der Waals surface area (Å²) in [6, 6.07) is 6.37. The molecule has 0 bridgehead atoms. The zero-order valence-electron chi connectivity index (χ0n) is 13.3. The second kappa shape index (κ2) is 5.77. The maximum Gasteiger partial charge on any atom is 0.122 e. The minimum Gasteiger partial charge on any atom is -0.490 e. The fraction of sp³-hybridized carbons (Fsp3) is 0.667. The summed E-state index contributed by atoms with van der Waals surface area (Å²) in [5.41, 5.74) is 2.01. The largest absolute Gasteiger partial charge is 0.490 e. The predicted molar refractivity (Wildman–Crippen MR) is 83.4 cm³/mol. The summed E-state index contributed by atoms with van der Waals surface area (Å²) in [6.45, 7) is 9.14. The van der Waals surface area contributed by atoms with Crippen molar-refractivity contribution in [3.05, 3.63) is 29.3 Å². The number of ether oxygens (including phenoxy) is 1. The fourth-order valence-corrected chi connectivity index (χ4v) is 2.84. The van der Waals surface area contributed by atoms with Crippen molar-refractivity contribution in [2.24, 2.45) is 0 Å². The number of aliphatic hydroxyl groups is 1. The Morgan fingerprint density at radius 2 is 1.80 bits per heavy atom. The summed E-state index contributed by atoms with van der Waals surface area (Å²) in [6.07, 6.45) is 5.20. The van der Waals surface area contributed by atoms with Gasteiger partial charge in [-0.05, 0) is 42.4 Å². The SMILES string of the molecule is Cc1cc(C(C)(C)C)ccc1OCC1(O)CCCCC1. The molecule has 20 heavy (non-hydrogen) atoms. The predicted octanol–water partition coefficient (Wildman–Crippen LogP) is 4.37. The summed E-state index contributed by atoms with van der Waals surface area (Å²) in [4.78, 5) is 0. The van der Waals surface area contributed by atoms with Gasteiger partial charge in [-0.1, -0.05) is 52.2 Å². The normalized spacial score (nSPS) is 18.9. The van der Waals surface area contributed by atoms with Crippen LogP contribution in [0.25, 0.3) is 0 Å². The van der Waals surface area contributed by atoms with Gasteiger partial charge in [-0.2, -0.15) is 0 Å².